The maximum Gasteiger partial charge on any atom is 0.120 e. The summed E-state index contributed by atoms with van der Waals surface area (Å²) in [7, 11) is 3.78. The summed E-state index contributed by atoms with van der Waals surface area (Å²) < 4.78 is 5.22. The molecule has 0 aliphatic heterocycles. The van der Waals surface area contributed by atoms with Crippen LogP contribution >= 0.6 is 0 Å². The van der Waals surface area contributed by atoms with Crippen LogP contribution in [0.3, 0.4) is 0 Å². The quantitative estimate of drug-likeness (QED) is 0.791. The molecule has 0 radical (unpaired) electrons. The molecule has 0 bridgehead atoms. The van der Waals surface area contributed by atoms with Crippen LogP contribution in [0, 0.1) is 0 Å². The Morgan fingerprint density at radius 3 is 2.76 bits per heavy atom. The van der Waals surface area contributed by atoms with Gasteiger partial charge in [0.1, 0.15) is 5.75 Å². The summed E-state index contributed by atoms with van der Waals surface area (Å²) in [4.78, 5) is 2.22. The monoisotopic (exact) mass is 236 g/mol. The van der Waals surface area contributed by atoms with E-state index >= 15 is 0 Å². The number of ether oxygens (including phenoxy) is 1. The SMILES string of the molecule is CCCC(N)CCN(C)c1cccc(OC)c1. The number of nitrogens with two attached hydrogens (primary N) is 1. The molecule has 1 aromatic rings. The van der Waals surface area contributed by atoms with Crippen molar-refractivity contribution in [1.82, 2.24) is 0 Å². The van der Waals surface area contributed by atoms with Gasteiger partial charge in [0.2, 0.25) is 0 Å². The van der Waals surface area contributed by atoms with Gasteiger partial charge >= 0.3 is 0 Å². The summed E-state index contributed by atoms with van der Waals surface area (Å²) in [6.07, 6.45) is 3.29. The van der Waals surface area contributed by atoms with E-state index in [4.69, 9.17) is 10.5 Å². The maximum atomic E-state index is 6.02. The third-order valence-corrected chi connectivity index (χ3v) is 2.99. The minimum absolute atomic E-state index is 0.313. The van der Waals surface area contributed by atoms with Crippen LogP contribution in [-0.4, -0.2) is 26.7 Å². The lowest BCUT2D eigenvalue weighted by Crippen LogP contribution is -2.27. The van der Waals surface area contributed by atoms with Crippen LogP contribution in [0.5, 0.6) is 5.75 Å². The van der Waals surface area contributed by atoms with Gasteiger partial charge in [-0.25, -0.2) is 0 Å². The fraction of sp³-hybridized carbons (Fsp3) is 0.571. The van der Waals surface area contributed by atoms with Crippen molar-refractivity contribution in [2.75, 3.05) is 25.6 Å². The average molecular weight is 236 g/mol. The van der Waals surface area contributed by atoms with Gasteiger partial charge in [-0.2, -0.15) is 0 Å². The zero-order valence-electron chi connectivity index (χ0n) is 11.1. The lowest BCUT2D eigenvalue weighted by Gasteiger charge is -2.21. The van der Waals surface area contributed by atoms with Gasteiger partial charge in [0.25, 0.3) is 0 Å². The maximum absolute atomic E-state index is 6.02. The molecule has 2 N–H and O–H groups in total. The highest BCUT2D eigenvalue weighted by atomic mass is 16.5. The number of methoxy groups -OCH3 is 1. The second-order valence-electron chi connectivity index (χ2n) is 4.46. The standard InChI is InChI=1S/C14H24N2O/c1-4-6-12(15)9-10-16(2)13-7-5-8-14(11-13)17-3/h5,7-8,11-12H,4,6,9-10,15H2,1-3H3. The Balaban J connectivity index is 2.48. The average Bonchev–Trinajstić information content (AvgIpc) is 2.36. The first-order valence-corrected chi connectivity index (χ1v) is 6.28. The summed E-state index contributed by atoms with van der Waals surface area (Å²) in [6, 6.07) is 8.42. The molecule has 0 aromatic heterocycles. The molecule has 0 aliphatic rings. The topological polar surface area (TPSA) is 38.5 Å². The van der Waals surface area contributed by atoms with Crippen LogP contribution < -0.4 is 15.4 Å². The van der Waals surface area contributed by atoms with Gasteiger partial charge < -0.3 is 15.4 Å². The van der Waals surface area contributed by atoms with E-state index in [-0.39, 0.29) is 0 Å². The van der Waals surface area contributed by atoms with Crippen molar-refractivity contribution in [3.63, 3.8) is 0 Å². The van der Waals surface area contributed by atoms with Crippen LogP contribution in [0.25, 0.3) is 0 Å². The fourth-order valence-electron chi connectivity index (χ4n) is 1.85. The lowest BCUT2D eigenvalue weighted by molar-refractivity contribution is 0.415. The predicted octanol–water partition coefficient (Wildman–Crippen LogP) is 2.65. The molecule has 3 nitrogen and oxygen atoms in total. The van der Waals surface area contributed by atoms with E-state index in [0.29, 0.717) is 6.04 Å². The minimum atomic E-state index is 0.313. The first-order valence-electron chi connectivity index (χ1n) is 6.28. The normalized spacial score (nSPS) is 12.2. The van der Waals surface area contributed by atoms with E-state index in [1.807, 2.05) is 18.2 Å². The molecular weight excluding hydrogens is 212 g/mol. The molecule has 1 unspecified atom stereocenters. The first-order chi connectivity index (χ1) is 8.17. The summed E-state index contributed by atoms with van der Waals surface area (Å²) in [5.41, 5.74) is 7.19. The van der Waals surface area contributed by atoms with Gasteiger partial charge in [-0.15, -0.1) is 0 Å². The molecule has 0 saturated heterocycles. The molecule has 0 amide bonds. The van der Waals surface area contributed by atoms with Crippen LogP contribution in [0.4, 0.5) is 5.69 Å². The highest BCUT2D eigenvalue weighted by Crippen LogP contribution is 2.20. The van der Waals surface area contributed by atoms with Gasteiger partial charge in [0, 0.05) is 31.4 Å². The zero-order valence-corrected chi connectivity index (χ0v) is 11.1. The molecule has 1 atom stereocenters. The summed E-state index contributed by atoms with van der Waals surface area (Å²) in [5, 5.41) is 0. The molecule has 3 heteroatoms. The van der Waals surface area contributed by atoms with Crippen molar-refractivity contribution in [3.05, 3.63) is 24.3 Å². The summed E-state index contributed by atoms with van der Waals surface area (Å²) >= 11 is 0. The molecule has 0 aliphatic carbocycles. The Labute approximate surface area is 105 Å². The zero-order chi connectivity index (χ0) is 12.7. The van der Waals surface area contributed by atoms with Gasteiger partial charge in [-0.3, -0.25) is 0 Å². The molecule has 96 valence electrons. The molecule has 1 aromatic carbocycles. The molecule has 0 spiro atoms. The molecule has 0 fully saturated rings. The van der Waals surface area contributed by atoms with E-state index in [2.05, 4.69) is 24.9 Å². The first kappa shape index (κ1) is 13.8. The minimum Gasteiger partial charge on any atom is -0.497 e. The molecule has 1 rings (SSSR count). The summed E-state index contributed by atoms with van der Waals surface area (Å²) in [6.45, 7) is 3.15. The van der Waals surface area contributed by atoms with Crippen LogP contribution in [-0.2, 0) is 0 Å². The number of hydrogen-bond donors (Lipinski definition) is 1. The van der Waals surface area contributed by atoms with E-state index in [1.165, 1.54) is 5.69 Å². The van der Waals surface area contributed by atoms with Crippen molar-refractivity contribution < 1.29 is 4.74 Å². The molecular formula is C14H24N2O. The number of nitrogens with zero attached hydrogens (tertiary/aromatic N) is 1. The number of rotatable bonds is 7. The van der Waals surface area contributed by atoms with Crippen molar-refractivity contribution in [2.45, 2.75) is 32.2 Å². The highest BCUT2D eigenvalue weighted by Gasteiger charge is 2.05. The Morgan fingerprint density at radius 1 is 1.35 bits per heavy atom. The van der Waals surface area contributed by atoms with Crippen molar-refractivity contribution in [2.24, 2.45) is 5.73 Å². The van der Waals surface area contributed by atoms with Gasteiger partial charge in [0.15, 0.2) is 0 Å². The third kappa shape index (κ3) is 4.65. The van der Waals surface area contributed by atoms with Crippen LogP contribution in [0.15, 0.2) is 24.3 Å². The largest absolute Gasteiger partial charge is 0.497 e. The van der Waals surface area contributed by atoms with E-state index in [1.54, 1.807) is 7.11 Å². The Kier molecular flexibility index (Phi) is 5.84. The molecule has 0 saturated carbocycles. The van der Waals surface area contributed by atoms with Gasteiger partial charge in [-0.05, 0) is 25.0 Å². The second-order valence-corrected chi connectivity index (χ2v) is 4.46. The Morgan fingerprint density at radius 2 is 2.12 bits per heavy atom. The van der Waals surface area contributed by atoms with Crippen LogP contribution in [0.1, 0.15) is 26.2 Å². The number of hydrogen-bond acceptors (Lipinski definition) is 3. The van der Waals surface area contributed by atoms with E-state index < -0.39 is 0 Å². The van der Waals surface area contributed by atoms with Crippen molar-refractivity contribution in [3.8, 4) is 5.75 Å². The molecule has 0 heterocycles. The second kappa shape index (κ2) is 7.17. The fourth-order valence-corrected chi connectivity index (χ4v) is 1.85. The van der Waals surface area contributed by atoms with Gasteiger partial charge in [0.05, 0.1) is 7.11 Å². The number of benzene rings is 1. The highest BCUT2D eigenvalue weighted by molar-refractivity contribution is 5.49. The van der Waals surface area contributed by atoms with Crippen molar-refractivity contribution >= 4 is 5.69 Å². The van der Waals surface area contributed by atoms with E-state index in [0.717, 1.165) is 31.6 Å². The smallest absolute Gasteiger partial charge is 0.120 e. The van der Waals surface area contributed by atoms with Crippen molar-refractivity contribution in [1.29, 1.82) is 0 Å². The van der Waals surface area contributed by atoms with E-state index in [9.17, 15) is 0 Å². The van der Waals surface area contributed by atoms with Crippen LogP contribution in [0.2, 0.25) is 0 Å². The van der Waals surface area contributed by atoms with Gasteiger partial charge in [-0.1, -0.05) is 19.4 Å². The molecule has 17 heavy (non-hydrogen) atoms. The number of anilines is 1. The predicted molar refractivity (Wildman–Crippen MR) is 73.8 cm³/mol. The third-order valence-electron chi connectivity index (χ3n) is 2.99. The summed E-state index contributed by atoms with van der Waals surface area (Å²) in [5.74, 6) is 0.896. The Bertz CT molecular complexity index is 328. The lowest BCUT2D eigenvalue weighted by atomic mass is 10.1. The Hall–Kier alpha value is -1.22.